The van der Waals surface area contributed by atoms with Gasteiger partial charge in [0, 0.05) is 17.8 Å². The van der Waals surface area contributed by atoms with Crippen molar-refractivity contribution in [3.05, 3.63) is 71.8 Å². The predicted octanol–water partition coefficient (Wildman–Crippen LogP) is 3.90. The van der Waals surface area contributed by atoms with Crippen molar-refractivity contribution in [1.82, 2.24) is 0 Å². The summed E-state index contributed by atoms with van der Waals surface area (Å²) in [5.41, 5.74) is 1.48. The van der Waals surface area contributed by atoms with Gasteiger partial charge in [-0.25, -0.2) is 4.79 Å². The first-order valence-electron chi connectivity index (χ1n) is 14.7. The van der Waals surface area contributed by atoms with Crippen LogP contribution in [0.4, 0.5) is 0 Å². The largest absolute Gasteiger partial charge is 0.453 e. The maximum atomic E-state index is 13.4. The molecule has 9 heteroatoms. The maximum absolute atomic E-state index is 13.4. The number of carbonyl (C=O) groups is 1. The summed E-state index contributed by atoms with van der Waals surface area (Å²) in [6, 6.07) is 19.0. The Hall–Kier alpha value is -2.37. The smallest absolute Gasteiger partial charge is 0.338 e. The molecule has 12 atom stereocenters. The number of fused-ring (bicyclic) bond motifs is 5. The summed E-state index contributed by atoms with van der Waals surface area (Å²) in [7, 11) is 0. The summed E-state index contributed by atoms with van der Waals surface area (Å²) in [4.78, 5) is 13.4. The normalized spacial score (nSPS) is 44.7. The standard InChI is InChI=1S/C32H36O9/c1-17-22-24-20(15-34-29(17)38-24)25(22)39-30-27(37-28(33)19-12-8-5-9-13-19)23-26-21(16-35-31(2,3)40-26)32(23,41-30)36-14-18-10-6-4-7-11-18/h4-13,17,20-27,29-30H,14-16H2,1-3H3. The Bertz CT molecular complexity index is 1280. The van der Waals surface area contributed by atoms with E-state index in [1.807, 2.05) is 62.4 Å². The fraction of sp³-hybridized carbons (Fsp3) is 0.594. The minimum Gasteiger partial charge on any atom is -0.453 e. The lowest BCUT2D eigenvalue weighted by molar-refractivity contribution is -0.440. The highest BCUT2D eigenvalue weighted by Gasteiger charge is 2.78. The summed E-state index contributed by atoms with van der Waals surface area (Å²) in [5.74, 6) is -2.43. The molecule has 41 heavy (non-hydrogen) atoms. The van der Waals surface area contributed by atoms with Crippen LogP contribution in [0.1, 0.15) is 36.7 Å². The number of ether oxygens (including phenoxy) is 8. The van der Waals surface area contributed by atoms with Crippen molar-refractivity contribution in [1.29, 1.82) is 0 Å². The van der Waals surface area contributed by atoms with Gasteiger partial charge in [0.25, 0.3) is 0 Å². The molecule has 4 aliphatic heterocycles. The number of hydrogen-bond donors (Lipinski definition) is 0. The molecule has 6 aliphatic rings. The summed E-state index contributed by atoms with van der Waals surface area (Å²) >= 11 is 0. The highest BCUT2D eigenvalue weighted by Crippen LogP contribution is 2.62. The van der Waals surface area contributed by atoms with Gasteiger partial charge in [0.05, 0.1) is 55.5 Å². The van der Waals surface area contributed by atoms with Crippen LogP contribution in [0, 0.1) is 29.6 Å². The van der Waals surface area contributed by atoms with Crippen LogP contribution in [0.15, 0.2) is 60.7 Å². The van der Waals surface area contributed by atoms with Crippen LogP contribution < -0.4 is 0 Å². The second kappa shape index (κ2) is 9.57. The molecule has 9 nitrogen and oxygen atoms in total. The number of benzene rings is 2. The van der Waals surface area contributed by atoms with Crippen molar-refractivity contribution in [2.45, 2.75) is 75.9 Å². The molecular weight excluding hydrogens is 528 g/mol. The Labute approximate surface area is 239 Å². The molecule has 0 spiro atoms. The lowest BCUT2D eigenvalue weighted by atomic mass is 9.63. The molecule has 4 saturated heterocycles. The Kier molecular flexibility index (Phi) is 6.13. The van der Waals surface area contributed by atoms with Crippen LogP contribution in [0.25, 0.3) is 0 Å². The van der Waals surface area contributed by atoms with Gasteiger partial charge < -0.3 is 37.9 Å². The number of rotatable bonds is 7. The molecule has 218 valence electrons. The third kappa shape index (κ3) is 4.05. The van der Waals surface area contributed by atoms with E-state index in [9.17, 15) is 4.79 Å². The number of hydrogen-bond acceptors (Lipinski definition) is 9. The molecule has 2 aliphatic carbocycles. The Morgan fingerprint density at radius 1 is 0.951 bits per heavy atom. The monoisotopic (exact) mass is 564 g/mol. The van der Waals surface area contributed by atoms with Crippen LogP contribution in [0.5, 0.6) is 0 Å². The molecule has 2 aromatic carbocycles. The van der Waals surface area contributed by atoms with Gasteiger partial charge in [0.2, 0.25) is 0 Å². The highest BCUT2D eigenvalue weighted by molar-refractivity contribution is 5.89. The number of esters is 1. The predicted molar refractivity (Wildman–Crippen MR) is 142 cm³/mol. The Morgan fingerprint density at radius 2 is 1.71 bits per heavy atom. The molecule has 0 radical (unpaired) electrons. The molecule has 8 rings (SSSR count). The minimum atomic E-state index is -1.10. The third-order valence-corrected chi connectivity index (χ3v) is 9.92. The van der Waals surface area contributed by atoms with Gasteiger partial charge in [0.1, 0.15) is 0 Å². The highest BCUT2D eigenvalue weighted by atomic mass is 16.8. The van der Waals surface area contributed by atoms with E-state index in [0.717, 1.165) is 5.56 Å². The van der Waals surface area contributed by atoms with Crippen molar-refractivity contribution >= 4 is 5.97 Å². The zero-order valence-electron chi connectivity index (χ0n) is 23.4. The van der Waals surface area contributed by atoms with Crippen LogP contribution in [0.2, 0.25) is 0 Å². The van der Waals surface area contributed by atoms with E-state index in [0.29, 0.717) is 25.4 Å². The average Bonchev–Trinajstić information content (AvgIpc) is 3.27. The van der Waals surface area contributed by atoms with Gasteiger partial charge >= 0.3 is 5.97 Å². The average molecular weight is 565 g/mol. The van der Waals surface area contributed by atoms with Gasteiger partial charge in [-0.2, -0.15) is 0 Å². The molecule has 6 fully saturated rings. The first-order chi connectivity index (χ1) is 19.8. The van der Waals surface area contributed by atoms with Crippen molar-refractivity contribution in [3.63, 3.8) is 0 Å². The summed E-state index contributed by atoms with van der Waals surface area (Å²) < 4.78 is 51.1. The van der Waals surface area contributed by atoms with Crippen molar-refractivity contribution in [3.8, 4) is 0 Å². The molecule has 4 heterocycles. The molecule has 0 aromatic heterocycles. The maximum Gasteiger partial charge on any atom is 0.338 e. The third-order valence-electron chi connectivity index (χ3n) is 9.92. The Balaban J connectivity index is 1.12. The second-order valence-corrected chi connectivity index (χ2v) is 12.6. The van der Waals surface area contributed by atoms with E-state index in [-0.39, 0.29) is 48.3 Å². The lowest BCUT2D eigenvalue weighted by Crippen LogP contribution is -2.73. The van der Waals surface area contributed by atoms with Gasteiger partial charge in [-0.15, -0.1) is 0 Å². The van der Waals surface area contributed by atoms with Crippen LogP contribution in [0.3, 0.4) is 0 Å². The Morgan fingerprint density at radius 3 is 2.49 bits per heavy atom. The SMILES string of the molecule is CC1C2OCC3C(O2)C1C3OC1OC2(OCc3ccccc3)C3COC(C)(C)OC3C2C1OC(=O)c1ccccc1. The van der Waals surface area contributed by atoms with Gasteiger partial charge in [-0.3, -0.25) is 0 Å². The zero-order chi connectivity index (χ0) is 27.9. The summed E-state index contributed by atoms with van der Waals surface area (Å²) in [5, 5.41) is 0. The first kappa shape index (κ1) is 26.3. The molecular formula is C32H36O9. The lowest BCUT2D eigenvalue weighted by Gasteiger charge is -2.59. The van der Waals surface area contributed by atoms with Crippen molar-refractivity contribution in [2.24, 2.45) is 29.6 Å². The molecule has 2 aromatic rings. The fourth-order valence-electron chi connectivity index (χ4n) is 7.85. The van der Waals surface area contributed by atoms with Crippen molar-refractivity contribution < 1.29 is 42.7 Å². The van der Waals surface area contributed by atoms with E-state index in [2.05, 4.69) is 6.92 Å². The zero-order valence-corrected chi connectivity index (χ0v) is 23.4. The van der Waals surface area contributed by atoms with Crippen molar-refractivity contribution in [2.75, 3.05) is 13.2 Å². The molecule has 12 unspecified atom stereocenters. The molecule has 2 bridgehead atoms. The van der Waals surface area contributed by atoms with Gasteiger partial charge in [-0.05, 0) is 31.5 Å². The topological polar surface area (TPSA) is 90.9 Å². The van der Waals surface area contributed by atoms with E-state index in [4.69, 9.17) is 37.9 Å². The van der Waals surface area contributed by atoms with Crippen LogP contribution in [-0.2, 0) is 44.5 Å². The molecule has 0 N–H and O–H groups in total. The second-order valence-electron chi connectivity index (χ2n) is 12.6. The molecule has 0 amide bonds. The van der Waals surface area contributed by atoms with E-state index < -0.39 is 35.9 Å². The fourth-order valence-corrected chi connectivity index (χ4v) is 7.85. The van der Waals surface area contributed by atoms with E-state index >= 15 is 0 Å². The van der Waals surface area contributed by atoms with Gasteiger partial charge in [0.15, 0.2) is 30.3 Å². The minimum absolute atomic E-state index is 0.107. The first-order valence-corrected chi connectivity index (χ1v) is 14.7. The molecule has 2 saturated carbocycles. The van der Waals surface area contributed by atoms with E-state index in [1.54, 1.807) is 12.1 Å². The number of carbonyl (C=O) groups excluding carboxylic acids is 1. The van der Waals surface area contributed by atoms with Crippen LogP contribution in [-0.4, -0.2) is 67.8 Å². The summed E-state index contributed by atoms with van der Waals surface area (Å²) in [6.07, 6.45) is -2.09. The summed E-state index contributed by atoms with van der Waals surface area (Å²) in [6.45, 7) is 7.24. The van der Waals surface area contributed by atoms with E-state index in [1.165, 1.54) is 0 Å². The van der Waals surface area contributed by atoms with Crippen LogP contribution >= 0.6 is 0 Å². The van der Waals surface area contributed by atoms with Gasteiger partial charge in [-0.1, -0.05) is 55.5 Å². The quantitative estimate of drug-likeness (QED) is 0.465.